The molecule has 0 aromatic heterocycles. The zero-order valence-corrected chi connectivity index (χ0v) is 21.8. The molecule has 188 valence electrons. The van der Waals surface area contributed by atoms with E-state index in [0.29, 0.717) is 35.5 Å². The number of amides is 1. The maximum absolute atomic E-state index is 13.3. The van der Waals surface area contributed by atoms with Crippen LogP contribution in [0, 0.1) is 0 Å². The van der Waals surface area contributed by atoms with Crippen molar-refractivity contribution < 1.29 is 9.53 Å². The molecule has 3 aliphatic heterocycles. The lowest BCUT2D eigenvalue weighted by Crippen LogP contribution is -2.54. The van der Waals surface area contributed by atoms with Gasteiger partial charge < -0.3 is 19.4 Å². The summed E-state index contributed by atoms with van der Waals surface area (Å²) in [6.07, 6.45) is 6.09. The van der Waals surface area contributed by atoms with E-state index < -0.39 is 0 Å². The monoisotopic (exact) mass is 515 g/mol. The van der Waals surface area contributed by atoms with E-state index >= 15 is 0 Å². The molecule has 0 saturated carbocycles. The largest absolute Gasteiger partial charge is 0.360 e. The number of piperidine rings is 1. The van der Waals surface area contributed by atoms with Crippen molar-refractivity contribution in [1.82, 2.24) is 14.7 Å². The van der Waals surface area contributed by atoms with Crippen molar-refractivity contribution in [2.75, 3.05) is 52.6 Å². The fourth-order valence-electron chi connectivity index (χ4n) is 5.98. The Bertz CT molecular complexity index is 1010. The normalized spacial score (nSPS) is 24.7. The summed E-state index contributed by atoms with van der Waals surface area (Å²) in [4.78, 5) is 20.4. The van der Waals surface area contributed by atoms with Crippen LogP contribution in [-0.4, -0.2) is 79.3 Å². The highest BCUT2D eigenvalue weighted by molar-refractivity contribution is 6.42. The van der Waals surface area contributed by atoms with Crippen LogP contribution in [-0.2, 0) is 10.2 Å². The smallest absolute Gasteiger partial charge is 0.255 e. The van der Waals surface area contributed by atoms with Gasteiger partial charge in [-0.25, -0.2) is 0 Å². The number of hydrogen-bond acceptors (Lipinski definition) is 4. The van der Waals surface area contributed by atoms with Gasteiger partial charge in [-0.2, -0.15) is 0 Å². The van der Waals surface area contributed by atoms with Crippen molar-refractivity contribution in [3.63, 3.8) is 0 Å². The van der Waals surface area contributed by atoms with E-state index in [1.807, 2.05) is 53.4 Å². The lowest BCUT2D eigenvalue weighted by atomic mass is 9.76. The van der Waals surface area contributed by atoms with Gasteiger partial charge in [0, 0.05) is 23.6 Å². The quantitative estimate of drug-likeness (QED) is 0.522. The van der Waals surface area contributed by atoms with Crippen LogP contribution < -0.4 is 0 Å². The van der Waals surface area contributed by atoms with E-state index in [-0.39, 0.29) is 11.3 Å². The molecular formula is C28H35Cl2N3O2. The molecule has 5 rings (SSSR count). The number of ether oxygens (including phenoxy) is 1. The molecule has 3 fully saturated rings. The van der Waals surface area contributed by atoms with Crippen LogP contribution in [0.2, 0.25) is 10.0 Å². The molecule has 1 atom stereocenters. The van der Waals surface area contributed by atoms with Gasteiger partial charge in [-0.05, 0) is 94.7 Å². The first kappa shape index (κ1) is 25.0. The molecule has 2 aromatic rings. The van der Waals surface area contributed by atoms with E-state index in [1.54, 1.807) is 0 Å². The Morgan fingerprint density at radius 2 is 1.71 bits per heavy atom. The summed E-state index contributed by atoms with van der Waals surface area (Å²) < 4.78 is 6.09. The number of benzene rings is 2. The maximum Gasteiger partial charge on any atom is 0.255 e. The molecule has 3 heterocycles. The molecule has 3 aliphatic rings. The zero-order valence-electron chi connectivity index (χ0n) is 20.3. The minimum atomic E-state index is -0.331. The molecule has 1 amide bonds. The van der Waals surface area contributed by atoms with Gasteiger partial charge in [0.25, 0.3) is 5.91 Å². The average Bonchev–Trinajstić information content (AvgIpc) is 3.45. The highest BCUT2D eigenvalue weighted by atomic mass is 35.5. The van der Waals surface area contributed by atoms with Crippen molar-refractivity contribution in [3.8, 4) is 0 Å². The minimum Gasteiger partial charge on any atom is -0.360 e. The van der Waals surface area contributed by atoms with Crippen LogP contribution in [0.5, 0.6) is 0 Å². The summed E-state index contributed by atoms with van der Waals surface area (Å²) >= 11 is 12.7. The Labute approximate surface area is 218 Å². The molecule has 0 radical (unpaired) electrons. The number of hydrogen-bond donors (Lipinski definition) is 0. The summed E-state index contributed by atoms with van der Waals surface area (Å²) in [6.45, 7) is 7.25. The third kappa shape index (κ3) is 5.70. The van der Waals surface area contributed by atoms with Gasteiger partial charge in [0.1, 0.15) is 6.73 Å². The van der Waals surface area contributed by atoms with Gasteiger partial charge in [-0.1, -0.05) is 47.5 Å². The van der Waals surface area contributed by atoms with Crippen LogP contribution in [0.1, 0.15) is 48.0 Å². The number of carbonyl (C=O) groups excluding carboxylic acids is 1. The molecule has 3 saturated heterocycles. The van der Waals surface area contributed by atoms with E-state index in [0.717, 1.165) is 37.7 Å². The molecule has 0 aliphatic carbocycles. The third-order valence-electron chi connectivity index (χ3n) is 8.08. The number of carbonyl (C=O) groups is 1. The fraction of sp³-hybridized carbons (Fsp3) is 0.536. The number of rotatable bonds is 6. The Morgan fingerprint density at radius 3 is 2.43 bits per heavy atom. The molecule has 0 N–H and O–H groups in total. The van der Waals surface area contributed by atoms with Gasteiger partial charge in [-0.15, -0.1) is 0 Å². The van der Waals surface area contributed by atoms with Gasteiger partial charge in [0.2, 0.25) is 0 Å². The Hall–Kier alpha value is -1.63. The van der Waals surface area contributed by atoms with E-state index in [4.69, 9.17) is 27.9 Å². The first-order chi connectivity index (χ1) is 17.0. The van der Waals surface area contributed by atoms with E-state index in [9.17, 15) is 4.79 Å². The fourth-order valence-corrected chi connectivity index (χ4v) is 6.28. The van der Waals surface area contributed by atoms with Crippen LogP contribution in [0.3, 0.4) is 0 Å². The van der Waals surface area contributed by atoms with E-state index in [2.05, 4.69) is 9.80 Å². The SMILES string of the molecule is O=C(c1ccccc1)N1COCC(CCN2CCC(N3CCCC3)CC2)(c2ccc(Cl)c(Cl)c2)C1. The summed E-state index contributed by atoms with van der Waals surface area (Å²) in [5.41, 5.74) is 1.44. The first-order valence-electron chi connectivity index (χ1n) is 12.9. The molecule has 0 spiro atoms. The maximum atomic E-state index is 13.3. The van der Waals surface area contributed by atoms with Gasteiger partial charge in [0.05, 0.1) is 16.7 Å². The van der Waals surface area contributed by atoms with Crippen LogP contribution in [0.4, 0.5) is 0 Å². The number of likely N-dealkylation sites (tertiary alicyclic amines) is 2. The second-order valence-corrected chi connectivity index (χ2v) is 11.1. The summed E-state index contributed by atoms with van der Waals surface area (Å²) in [5, 5.41) is 1.09. The Balaban J connectivity index is 1.31. The van der Waals surface area contributed by atoms with Crippen molar-refractivity contribution in [3.05, 3.63) is 69.7 Å². The number of nitrogens with zero attached hydrogens (tertiary/aromatic N) is 3. The summed E-state index contributed by atoms with van der Waals surface area (Å²) in [6, 6.07) is 16.1. The van der Waals surface area contributed by atoms with Crippen LogP contribution in [0.25, 0.3) is 0 Å². The van der Waals surface area contributed by atoms with Crippen molar-refractivity contribution >= 4 is 29.1 Å². The highest BCUT2D eigenvalue weighted by Crippen LogP contribution is 2.37. The molecule has 0 bridgehead atoms. The van der Waals surface area contributed by atoms with Crippen LogP contribution in [0.15, 0.2) is 48.5 Å². The second-order valence-electron chi connectivity index (χ2n) is 10.3. The number of halogens is 2. The molecule has 5 nitrogen and oxygen atoms in total. The highest BCUT2D eigenvalue weighted by Gasteiger charge is 2.40. The molecule has 35 heavy (non-hydrogen) atoms. The second kappa shape index (κ2) is 11.2. The molecular weight excluding hydrogens is 481 g/mol. The zero-order chi connectivity index (χ0) is 24.3. The topological polar surface area (TPSA) is 36.0 Å². The van der Waals surface area contributed by atoms with Gasteiger partial charge in [-0.3, -0.25) is 4.79 Å². The Kier molecular flexibility index (Phi) is 8.00. The van der Waals surface area contributed by atoms with Gasteiger partial charge in [0.15, 0.2) is 0 Å². The molecule has 2 aromatic carbocycles. The lowest BCUT2D eigenvalue weighted by Gasteiger charge is -2.45. The van der Waals surface area contributed by atoms with Crippen molar-refractivity contribution in [1.29, 1.82) is 0 Å². The summed E-state index contributed by atoms with van der Waals surface area (Å²) in [7, 11) is 0. The standard InChI is InChI=1S/C28H35Cl2N3O2/c29-25-9-8-23(18-26(25)30)28(12-17-31-15-10-24(11-16-31)32-13-4-5-14-32)19-33(21-35-20-28)27(34)22-6-2-1-3-7-22/h1-3,6-9,18,24H,4-5,10-17,19-21H2. The predicted molar refractivity (Wildman–Crippen MR) is 141 cm³/mol. The first-order valence-corrected chi connectivity index (χ1v) is 13.6. The lowest BCUT2D eigenvalue weighted by molar-refractivity contribution is -0.0520. The van der Waals surface area contributed by atoms with Crippen LogP contribution >= 0.6 is 23.2 Å². The predicted octanol–water partition coefficient (Wildman–Crippen LogP) is 5.31. The van der Waals surface area contributed by atoms with Crippen molar-refractivity contribution in [2.24, 2.45) is 0 Å². The van der Waals surface area contributed by atoms with E-state index in [1.165, 1.54) is 38.8 Å². The van der Waals surface area contributed by atoms with Crippen molar-refractivity contribution in [2.45, 2.75) is 43.6 Å². The van der Waals surface area contributed by atoms with Gasteiger partial charge >= 0.3 is 0 Å². The molecule has 7 heteroatoms. The summed E-state index contributed by atoms with van der Waals surface area (Å²) in [5.74, 6) is 0.00108. The minimum absolute atomic E-state index is 0.00108. The molecule has 1 unspecified atom stereocenters. The third-order valence-corrected chi connectivity index (χ3v) is 8.82. The average molecular weight is 517 g/mol. The Morgan fingerprint density at radius 1 is 0.971 bits per heavy atom.